The molecule has 2 aromatic rings. The summed E-state index contributed by atoms with van der Waals surface area (Å²) in [6.45, 7) is 8.86. The minimum absolute atomic E-state index is 0.0435. The summed E-state index contributed by atoms with van der Waals surface area (Å²) in [4.78, 5) is 14.4. The Bertz CT molecular complexity index is 981. The maximum absolute atomic E-state index is 12.7. The third-order valence-corrected chi connectivity index (χ3v) is 6.44. The topological polar surface area (TPSA) is 66.5 Å². The Balaban J connectivity index is 1.84. The van der Waals surface area contributed by atoms with Crippen molar-refractivity contribution >= 4 is 21.6 Å². The van der Waals surface area contributed by atoms with E-state index in [-0.39, 0.29) is 16.7 Å². The monoisotopic (exact) mass is 386 g/mol. The minimum atomic E-state index is -3.65. The summed E-state index contributed by atoms with van der Waals surface area (Å²) in [7, 11) is -3.65. The molecular formula is C21H26N2O3S. The zero-order valence-electron chi connectivity index (χ0n) is 16.2. The number of carbonyl (C=O) groups is 1. The van der Waals surface area contributed by atoms with Crippen LogP contribution < -0.4 is 4.72 Å². The highest BCUT2D eigenvalue weighted by atomic mass is 32.2. The first kappa shape index (κ1) is 19.4. The molecule has 0 atom stereocenters. The predicted molar refractivity (Wildman–Crippen MR) is 107 cm³/mol. The average Bonchev–Trinajstić information content (AvgIpc) is 2.62. The number of aryl methyl sites for hydroxylation is 2. The summed E-state index contributed by atoms with van der Waals surface area (Å²) in [6.07, 6.45) is 0.790. The molecule has 0 bridgehead atoms. The Hall–Kier alpha value is -2.34. The van der Waals surface area contributed by atoms with E-state index in [0.717, 1.165) is 28.7 Å². The van der Waals surface area contributed by atoms with E-state index in [1.165, 1.54) is 0 Å². The van der Waals surface area contributed by atoms with Crippen molar-refractivity contribution in [3.63, 3.8) is 0 Å². The molecule has 1 amide bonds. The van der Waals surface area contributed by atoms with Gasteiger partial charge in [-0.25, -0.2) is 8.42 Å². The van der Waals surface area contributed by atoms with Gasteiger partial charge in [0.1, 0.15) is 0 Å². The molecular weight excluding hydrogens is 360 g/mol. The molecule has 1 aliphatic heterocycles. The number of nitrogens with zero attached hydrogens (tertiary/aromatic N) is 1. The van der Waals surface area contributed by atoms with Gasteiger partial charge in [0.15, 0.2) is 0 Å². The molecule has 1 aliphatic rings. The zero-order chi connectivity index (χ0) is 19.8. The molecule has 3 rings (SSSR count). The molecule has 0 saturated carbocycles. The summed E-state index contributed by atoms with van der Waals surface area (Å²) >= 11 is 0. The Labute approximate surface area is 161 Å². The third-order valence-electron chi connectivity index (χ3n) is 5.06. The highest BCUT2D eigenvalue weighted by Gasteiger charge is 2.23. The summed E-state index contributed by atoms with van der Waals surface area (Å²) in [5.41, 5.74) is 4.67. The number of hydrogen-bond acceptors (Lipinski definition) is 3. The molecule has 0 spiro atoms. The van der Waals surface area contributed by atoms with Crippen LogP contribution in [-0.2, 0) is 27.8 Å². The van der Waals surface area contributed by atoms with Crippen molar-refractivity contribution < 1.29 is 13.2 Å². The summed E-state index contributed by atoms with van der Waals surface area (Å²) < 4.78 is 28.1. The first-order chi connectivity index (χ1) is 12.7. The number of nitrogens with one attached hydrogen (secondary N) is 1. The highest BCUT2D eigenvalue weighted by Crippen LogP contribution is 2.25. The van der Waals surface area contributed by atoms with Crippen LogP contribution in [0.1, 0.15) is 36.1 Å². The van der Waals surface area contributed by atoms with Crippen LogP contribution in [0.2, 0.25) is 0 Å². The Morgan fingerprint density at radius 1 is 1.04 bits per heavy atom. The van der Waals surface area contributed by atoms with Gasteiger partial charge in [-0.15, -0.1) is 0 Å². The van der Waals surface area contributed by atoms with E-state index < -0.39 is 10.0 Å². The molecule has 5 nitrogen and oxygen atoms in total. The van der Waals surface area contributed by atoms with Gasteiger partial charge >= 0.3 is 0 Å². The standard InChI is InChI=1S/C21H26N2O3S/c1-14(2)21(24)23-10-9-17-6-7-19(12-18(17)13-23)22-27(25,26)20-8-5-15(3)16(4)11-20/h5-8,11-12,14,22H,9-10,13H2,1-4H3. The molecule has 6 heteroatoms. The second-order valence-electron chi connectivity index (χ2n) is 7.50. The predicted octanol–water partition coefficient (Wildman–Crippen LogP) is 3.64. The number of rotatable bonds is 4. The van der Waals surface area contributed by atoms with Gasteiger partial charge in [-0.05, 0) is 66.8 Å². The average molecular weight is 387 g/mol. The van der Waals surface area contributed by atoms with Crippen LogP contribution in [-0.4, -0.2) is 25.8 Å². The van der Waals surface area contributed by atoms with Gasteiger partial charge in [0.05, 0.1) is 4.90 Å². The summed E-state index contributed by atoms with van der Waals surface area (Å²) in [5, 5.41) is 0. The first-order valence-corrected chi connectivity index (χ1v) is 10.7. The fourth-order valence-electron chi connectivity index (χ4n) is 3.27. The van der Waals surface area contributed by atoms with E-state index >= 15 is 0 Å². The molecule has 144 valence electrons. The van der Waals surface area contributed by atoms with E-state index in [4.69, 9.17) is 0 Å². The van der Waals surface area contributed by atoms with Crippen molar-refractivity contribution in [2.75, 3.05) is 11.3 Å². The van der Waals surface area contributed by atoms with Crippen molar-refractivity contribution in [3.05, 3.63) is 58.7 Å². The maximum atomic E-state index is 12.7. The highest BCUT2D eigenvalue weighted by molar-refractivity contribution is 7.92. The Morgan fingerprint density at radius 2 is 1.78 bits per heavy atom. The largest absolute Gasteiger partial charge is 0.338 e. The lowest BCUT2D eigenvalue weighted by molar-refractivity contribution is -0.135. The van der Waals surface area contributed by atoms with Crippen LogP contribution >= 0.6 is 0 Å². The van der Waals surface area contributed by atoms with Crippen molar-refractivity contribution in [2.45, 2.75) is 45.6 Å². The van der Waals surface area contributed by atoms with Crippen LogP contribution in [0.4, 0.5) is 5.69 Å². The quantitative estimate of drug-likeness (QED) is 0.872. The van der Waals surface area contributed by atoms with Crippen LogP contribution in [0.15, 0.2) is 41.3 Å². The van der Waals surface area contributed by atoms with E-state index in [1.807, 2.05) is 50.8 Å². The van der Waals surface area contributed by atoms with Gasteiger partial charge in [0.2, 0.25) is 5.91 Å². The fourth-order valence-corrected chi connectivity index (χ4v) is 4.40. The molecule has 0 saturated heterocycles. The molecule has 0 aromatic heterocycles. The summed E-state index contributed by atoms with van der Waals surface area (Å²) in [5.74, 6) is 0.0831. The van der Waals surface area contributed by atoms with Gasteiger partial charge < -0.3 is 4.90 Å². The number of carbonyl (C=O) groups excluding carboxylic acids is 1. The number of sulfonamides is 1. The molecule has 1 N–H and O–H groups in total. The van der Waals surface area contributed by atoms with E-state index in [2.05, 4.69) is 4.72 Å². The Morgan fingerprint density at radius 3 is 2.44 bits per heavy atom. The molecule has 2 aromatic carbocycles. The number of hydrogen-bond donors (Lipinski definition) is 1. The zero-order valence-corrected chi connectivity index (χ0v) is 17.1. The van der Waals surface area contributed by atoms with Crippen LogP contribution in [0.5, 0.6) is 0 Å². The van der Waals surface area contributed by atoms with Crippen molar-refractivity contribution in [3.8, 4) is 0 Å². The lowest BCUT2D eigenvalue weighted by Crippen LogP contribution is -2.38. The normalized spacial score (nSPS) is 14.2. The second-order valence-corrected chi connectivity index (χ2v) is 9.18. The van der Waals surface area contributed by atoms with Gasteiger partial charge in [-0.3, -0.25) is 9.52 Å². The van der Waals surface area contributed by atoms with Crippen LogP contribution in [0.25, 0.3) is 0 Å². The minimum Gasteiger partial charge on any atom is -0.338 e. The van der Waals surface area contributed by atoms with Crippen molar-refractivity contribution in [2.24, 2.45) is 5.92 Å². The van der Waals surface area contributed by atoms with Gasteiger partial charge in [0.25, 0.3) is 10.0 Å². The van der Waals surface area contributed by atoms with Crippen LogP contribution in [0.3, 0.4) is 0 Å². The fraction of sp³-hybridized carbons (Fsp3) is 0.381. The third kappa shape index (κ3) is 4.16. The molecule has 0 unspecified atom stereocenters. The number of fused-ring (bicyclic) bond motifs is 1. The molecule has 0 aliphatic carbocycles. The molecule has 27 heavy (non-hydrogen) atoms. The van der Waals surface area contributed by atoms with Gasteiger partial charge in [-0.1, -0.05) is 26.0 Å². The second kappa shape index (κ2) is 7.35. The number of anilines is 1. The van der Waals surface area contributed by atoms with Crippen molar-refractivity contribution in [1.29, 1.82) is 0 Å². The molecule has 0 radical (unpaired) electrons. The Kier molecular flexibility index (Phi) is 5.29. The van der Waals surface area contributed by atoms with Gasteiger partial charge in [-0.2, -0.15) is 0 Å². The SMILES string of the molecule is Cc1ccc(S(=O)(=O)Nc2ccc3c(c2)CN(C(=O)C(C)C)CC3)cc1C. The van der Waals surface area contributed by atoms with Gasteiger partial charge in [0, 0.05) is 24.7 Å². The lowest BCUT2D eigenvalue weighted by Gasteiger charge is -2.30. The lowest BCUT2D eigenvalue weighted by atomic mass is 9.98. The number of benzene rings is 2. The molecule has 0 fully saturated rings. The van der Waals surface area contributed by atoms with Crippen LogP contribution in [0, 0.1) is 19.8 Å². The first-order valence-electron chi connectivity index (χ1n) is 9.18. The van der Waals surface area contributed by atoms with E-state index in [0.29, 0.717) is 18.8 Å². The number of amides is 1. The van der Waals surface area contributed by atoms with E-state index in [9.17, 15) is 13.2 Å². The molecule has 1 heterocycles. The summed E-state index contributed by atoms with van der Waals surface area (Å²) in [6, 6.07) is 10.7. The van der Waals surface area contributed by atoms with E-state index in [1.54, 1.807) is 18.2 Å². The maximum Gasteiger partial charge on any atom is 0.261 e. The smallest absolute Gasteiger partial charge is 0.261 e. The van der Waals surface area contributed by atoms with Crippen molar-refractivity contribution in [1.82, 2.24) is 4.90 Å².